The second-order valence-electron chi connectivity index (χ2n) is 3.07. The summed E-state index contributed by atoms with van der Waals surface area (Å²) in [5.41, 5.74) is 1.77. The number of aliphatic hydroxyl groups excluding tert-OH is 1. The van der Waals surface area contributed by atoms with Crippen molar-refractivity contribution in [3.05, 3.63) is 35.4 Å². The Morgan fingerprint density at radius 2 is 2.21 bits per heavy atom. The standard InChI is InChI=1S/C11H13NOS/c1-9(7-13)14-8-11-5-3-2-4-10(11)6-12/h2-5,9,13H,7-8H2,1H3/t9-/m0/s1. The summed E-state index contributed by atoms with van der Waals surface area (Å²) in [5.74, 6) is 0.783. The van der Waals surface area contributed by atoms with Gasteiger partial charge in [-0.3, -0.25) is 0 Å². The maximum atomic E-state index is 8.85. The summed E-state index contributed by atoms with van der Waals surface area (Å²) < 4.78 is 0. The van der Waals surface area contributed by atoms with Crippen LogP contribution in [0.15, 0.2) is 24.3 Å². The number of nitrogens with zero attached hydrogens (tertiary/aromatic N) is 1. The van der Waals surface area contributed by atoms with Gasteiger partial charge in [-0.15, -0.1) is 0 Å². The van der Waals surface area contributed by atoms with E-state index in [0.717, 1.165) is 16.9 Å². The first-order valence-electron chi connectivity index (χ1n) is 4.48. The van der Waals surface area contributed by atoms with Crippen LogP contribution in [0, 0.1) is 11.3 Å². The Balaban J connectivity index is 2.63. The van der Waals surface area contributed by atoms with Gasteiger partial charge in [0.25, 0.3) is 0 Å². The number of hydrogen-bond acceptors (Lipinski definition) is 3. The molecule has 1 aromatic carbocycles. The van der Waals surface area contributed by atoms with E-state index in [4.69, 9.17) is 10.4 Å². The van der Waals surface area contributed by atoms with Crippen molar-refractivity contribution < 1.29 is 5.11 Å². The minimum atomic E-state index is 0.180. The van der Waals surface area contributed by atoms with E-state index in [9.17, 15) is 0 Å². The van der Waals surface area contributed by atoms with Gasteiger partial charge in [-0.2, -0.15) is 17.0 Å². The molecule has 14 heavy (non-hydrogen) atoms. The van der Waals surface area contributed by atoms with Crippen molar-refractivity contribution >= 4 is 11.8 Å². The van der Waals surface area contributed by atoms with E-state index in [2.05, 4.69) is 6.07 Å². The monoisotopic (exact) mass is 207 g/mol. The van der Waals surface area contributed by atoms with Crippen LogP contribution < -0.4 is 0 Å². The highest BCUT2D eigenvalue weighted by Gasteiger charge is 2.04. The molecule has 1 aromatic rings. The first kappa shape index (κ1) is 11.1. The Hall–Kier alpha value is -0.980. The number of benzene rings is 1. The number of aliphatic hydroxyl groups is 1. The van der Waals surface area contributed by atoms with Crippen LogP contribution in [0.25, 0.3) is 0 Å². The van der Waals surface area contributed by atoms with Crippen LogP contribution in [0.5, 0.6) is 0 Å². The third-order valence-corrected chi connectivity index (χ3v) is 3.11. The van der Waals surface area contributed by atoms with Crippen molar-refractivity contribution in [3.63, 3.8) is 0 Å². The maximum Gasteiger partial charge on any atom is 0.0994 e. The molecule has 0 aliphatic rings. The fraction of sp³-hybridized carbons (Fsp3) is 0.364. The van der Waals surface area contributed by atoms with Crippen molar-refractivity contribution in [2.45, 2.75) is 17.9 Å². The lowest BCUT2D eigenvalue weighted by molar-refractivity contribution is 0.300. The first-order valence-corrected chi connectivity index (χ1v) is 5.53. The molecule has 1 rings (SSSR count). The molecular weight excluding hydrogens is 194 g/mol. The van der Waals surface area contributed by atoms with Gasteiger partial charge in [-0.05, 0) is 11.6 Å². The lowest BCUT2D eigenvalue weighted by atomic mass is 10.1. The molecule has 0 heterocycles. The van der Waals surface area contributed by atoms with E-state index in [1.165, 1.54) is 0 Å². The molecule has 0 aliphatic carbocycles. The van der Waals surface area contributed by atoms with Gasteiger partial charge in [0.05, 0.1) is 18.2 Å². The van der Waals surface area contributed by atoms with Crippen LogP contribution in [0.3, 0.4) is 0 Å². The molecule has 0 amide bonds. The summed E-state index contributed by atoms with van der Waals surface area (Å²) in [6, 6.07) is 9.73. The molecule has 0 bridgehead atoms. The van der Waals surface area contributed by atoms with Crippen molar-refractivity contribution in [1.82, 2.24) is 0 Å². The minimum absolute atomic E-state index is 0.180. The lowest BCUT2D eigenvalue weighted by Gasteiger charge is -2.08. The molecule has 0 aromatic heterocycles. The molecule has 0 unspecified atom stereocenters. The van der Waals surface area contributed by atoms with Gasteiger partial charge < -0.3 is 5.11 Å². The SMILES string of the molecule is C[C@@H](CO)SCc1ccccc1C#N. The highest BCUT2D eigenvalue weighted by atomic mass is 32.2. The normalized spacial score (nSPS) is 12.1. The quantitative estimate of drug-likeness (QED) is 0.823. The maximum absolute atomic E-state index is 8.85. The van der Waals surface area contributed by atoms with Gasteiger partial charge in [0.2, 0.25) is 0 Å². The van der Waals surface area contributed by atoms with Gasteiger partial charge in [0, 0.05) is 11.0 Å². The molecule has 74 valence electrons. The average Bonchev–Trinajstić information content (AvgIpc) is 2.26. The molecule has 0 radical (unpaired) electrons. The van der Waals surface area contributed by atoms with Gasteiger partial charge in [0.1, 0.15) is 0 Å². The lowest BCUT2D eigenvalue weighted by Crippen LogP contribution is -2.02. The highest BCUT2D eigenvalue weighted by Crippen LogP contribution is 2.19. The third kappa shape index (κ3) is 3.06. The zero-order chi connectivity index (χ0) is 10.4. The van der Waals surface area contributed by atoms with E-state index in [1.54, 1.807) is 11.8 Å². The van der Waals surface area contributed by atoms with Gasteiger partial charge in [-0.1, -0.05) is 25.1 Å². The smallest absolute Gasteiger partial charge is 0.0994 e. The predicted octanol–water partition coefficient (Wildman–Crippen LogP) is 2.17. The zero-order valence-electron chi connectivity index (χ0n) is 8.10. The van der Waals surface area contributed by atoms with Crippen molar-refractivity contribution in [3.8, 4) is 6.07 Å². The Labute approximate surface area is 88.6 Å². The van der Waals surface area contributed by atoms with E-state index in [0.29, 0.717) is 0 Å². The van der Waals surface area contributed by atoms with Gasteiger partial charge in [-0.25, -0.2) is 0 Å². The van der Waals surface area contributed by atoms with Crippen LogP contribution >= 0.6 is 11.8 Å². The fourth-order valence-electron chi connectivity index (χ4n) is 1.04. The Morgan fingerprint density at radius 3 is 2.86 bits per heavy atom. The van der Waals surface area contributed by atoms with Crippen molar-refractivity contribution in [2.24, 2.45) is 0 Å². The van der Waals surface area contributed by atoms with E-state index in [1.807, 2.05) is 31.2 Å². The molecule has 3 heteroatoms. The molecule has 1 N–H and O–H groups in total. The van der Waals surface area contributed by atoms with E-state index in [-0.39, 0.29) is 11.9 Å². The van der Waals surface area contributed by atoms with Crippen LogP contribution in [0.2, 0.25) is 0 Å². The average molecular weight is 207 g/mol. The Morgan fingerprint density at radius 1 is 1.50 bits per heavy atom. The summed E-state index contributed by atoms with van der Waals surface area (Å²) in [4.78, 5) is 0. The molecule has 0 fully saturated rings. The summed E-state index contributed by atoms with van der Waals surface area (Å²) in [5, 5.41) is 17.9. The number of rotatable bonds is 4. The molecule has 0 saturated heterocycles. The van der Waals surface area contributed by atoms with E-state index < -0.39 is 0 Å². The van der Waals surface area contributed by atoms with Crippen LogP contribution in [-0.4, -0.2) is 17.0 Å². The minimum Gasteiger partial charge on any atom is -0.395 e. The number of thioether (sulfide) groups is 1. The van der Waals surface area contributed by atoms with Crippen molar-refractivity contribution in [1.29, 1.82) is 5.26 Å². The summed E-state index contributed by atoms with van der Waals surface area (Å²) in [7, 11) is 0. The second kappa shape index (κ2) is 5.69. The zero-order valence-corrected chi connectivity index (χ0v) is 8.92. The second-order valence-corrected chi connectivity index (χ2v) is 4.50. The van der Waals surface area contributed by atoms with Crippen molar-refractivity contribution in [2.75, 3.05) is 6.61 Å². The Bertz CT molecular complexity index is 332. The molecule has 0 aliphatic heterocycles. The summed E-state index contributed by atoms with van der Waals surface area (Å²) in [6.45, 7) is 2.15. The van der Waals surface area contributed by atoms with Crippen LogP contribution in [0.4, 0.5) is 0 Å². The largest absolute Gasteiger partial charge is 0.395 e. The molecular formula is C11H13NOS. The Kier molecular flexibility index (Phi) is 4.51. The van der Waals surface area contributed by atoms with Gasteiger partial charge >= 0.3 is 0 Å². The molecule has 1 atom stereocenters. The fourth-order valence-corrected chi connectivity index (χ4v) is 1.86. The molecule has 0 spiro atoms. The predicted molar refractivity (Wildman–Crippen MR) is 59.0 cm³/mol. The van der Waals surface area contributed by atoms with E-state index >= 15 is 0 Å². The van der Waals surface area contributed by atoms with Gasteiger partial charge in [0.15, 0.2) is 0 Å². The highest BCUT2D eigenvalue weighted by molar-refractivity contribution is 7.99. The number of hydrogen-bond donors (Lipinski definition) is 1. The first-order chi connectivity index (χ1) is 6.77. The summed E-state index contributed by atoms with van der Waals surface area (Å²) in [6.07, 6.45) is 0. The molecule has 2 nitrogen and oxygen atoms in total. The van der Waals surface area contributed by atoms with Crippen LogP contribution in [0.1, 0.15) is 18.1 Å². The molecule has 0 saturated carbocycles. The number of nitriles is 1. The third-order valence-electron chi connectivity index (χ3n) is 1.92. The topological polar surface area (TPSA) is 44.0 Å². The van der Waals surface area contributed by atoms with Crippen LogP contribution in [-0.2, 0) is 5.75 Å². The summed E-state index contributed by atoms with van der Waals surface area (Å²) >= 11 is 1.66.